The Bertz CT molecular complexity index is 529. The third-order valence-electron chi connectivity index (χ3n) is 3.07. The summed E-state index contributed by atoms with van der Waals surface area (Å²) in [5.41, 5.74) is 2.23. The highest BCUT2D eigenvalue weighted by atomic mass is 16.3. The van der Waals surface area contributed by atoms with Crippen LogP contribution in [0.25, 0.3) is 0 Å². The molecular weight excluding hydrogens is 266 g/mol. The van der Waals surface area contributed by atoms with Gasteiger partial charge >= 0.3 is 0 Å². The normalized spacial score (nSPS) is 9.90. The number of hydrogen-bond donors (Lipinski definition) is 2. The molecule has 1 aromatic carbocycles. The molecule has 0 bridgehead atoms. The van der Waals surface area contributed by atoms with Crippen LogP contribution in [0.3, 0.4) is 0 Å². The molecule has 1 rings (SSSR count). The molecule has 0 radical (unpaired) electrons. The van der Waals surface area contributed by atoms with Crippen LogP contribution >= 0.6 is 0 Å². The van der Waals surface area contributed by atoms with Gasteiger partial charge < -0.3 is 15.1 Å². The Balaban J connectivity index is 3.00. The fourth-order valence-electron chi connectivity index (χ4n) is 2.09. The number of aliphatic hydroxyl groups excluding tert-OH is 2. The summed E-state index contributed by atoms with van der Waals surface area (Å²) in [4.78, 5) is 14.2. The van der Waals surface area contributed by atoms with Gasteiger partial charge in [0.1, 0.15) is 6.61 Å². The summed E-state index contributed by atoms with van der Waals surface area (Å²) in [6, 6.07) is 5.43. The van der Waals surface area contributed by atoms with Crippen molar-refractivity contribution >= 4 is 5.91 Å². The second kappa shape index (κ2) is 9.17. The summed E-state index contributed by atoms with van der Waals surface area (Å²) in [6.45, 7) is 4.70. The Morgan fingerprint density at radius 1 is 1.24 bits per heavy atom. The zero-order valence-corrected chi connectivity index (χ0v) is 12.7. The van der Waals surface area contributed by atoms with Crippen molar-refractivity contribution in [2.45, 2.75) is 26.7 Å². The predicted octanol–water partition coefficient (Wildman–Crippen LogP) is 1.57. The molecule has 0 heterocycles. The summed E-state index contributed by atoms with van der Waals surface area (Å²) in [6.07, 6.45) is 1.91. The summed E-state index contributed by atoms with van der Waals surface area (Å²) < 4.78 is 0. The van der Waals surface area contributed by atoms with Gasteiger partial charge in [-0.25, -0.2) is 0 Å². The van der Waals surface area contributed by atoms with Crippen LogP contribution in [0.15, 0.2) is 18.2 Å². The largest absolute Gasteiger partial charge is 0.395 e. The van der Waals surface area contributed by atoms with Gasteiger partial charge in [0.05, 0.1) is 6.61 Å². The molecule has 0 fully saturated rings. The molecule has 4 heteroatoms. The van der Waals surface area contributed by atoms with Crippen molar-refractivity contribution in [2.75, 3.05) is 26.3 Å². The molecule has 0 aliphatic rings. The van der Waals surface area contributed by atoms with Crippen molar-refractivity contribution in [2.24, 2.45) is 0 Å². The number of hydrogen-bond acceptors (Lipinski definition) is 3. The third kappa shape index (κ3) is 5.58. The lowest BCUT2D eigenvalue weighted by Gasteiger charge is -2.22. The monoisotopic (exact) mass is 289 g/mol. The zero-order chi connectivity index (χ0) is 15.7. The van der Waals surface area contributed by atoms with E-state index in [-0.39, 0.29) is 19.1 Å². The van der Waals surface area contributed by atoms with Crippen LogP contribution in [0.5, 0.6) is 0 Å². The van der Waals surface area contributed by atoms with E-state index < -0.39 is 0 Å². The number of aliphatic hydroxyl groups is 2. The van der Waals surface area contributed by atoms with Gasteiger partial charge in [-0.15, -0.1) is 0 Å². The van der Waals surface area contributed by atoms with Gasteiger partial charge in [-0.3, -0.25) is 4.79 Å². The van der Waals surface area contributed by atoms with Gasteiger partial charge in [-0.05, 0) is 37.1 Å². The van der Waals surface area contributed by atoms with Crippen molar-refractivity contribution in [3.05, 3.63) is 34.9 Å². The van der Waals surface area contributed by atoms with Gasteiger partial charge in [0.25, 0.3) is 5.91 Å². The minimum atomic E-state index is -0.204. The van der Waals surface area contributed by atoms with Crippen molar-refractivity contribution in [3.63, 3.8) is 0 Å². The van der Waals surface area contributed by atoms with Crippen LogP contribution in [-0.2, 0) is 0 Å². The lowest BCUT2D eigenvalue weighted by molar-refractivity contribution is 0.0719. The van der Waals surface area contributed by atoms with Gasteiger partial charge in [0.2, 0.25) is 0 Å². The molecule has 0 saturated carbocycles. The highest BCUT2D eigenvalue weighted by molar-refractivity contribution is 5.94. The first-order valence-electron chi connectivity index (χ1n) is 7.24. The maximum atomic E-state index is 12.5. The summed E-state index contributed by atoms with van der Waals surface area (Å²) >= 11 is 0. The van der Waals surface area contributed by atoms with Crippen molar-refractivity contribution in [3.8, 4) is 11.8 Å². The van der Waals surface area contributed by atoms with E-state index in [9.17, 15) is 4.79 Å². The molecule has 0 atom stereocenters. The van der Waals surface area contributed by atoms with E-state index in [2.05, 4.69) is 18.8 Å². The molecule has 21 heavy (non-hydrogen) atoms. The third-order valence-corrected chi connectivity index (χ3v) is 3.07. The summed E-state index contributed by atoms with van der Waals surface area (Å²) in [5.74, 6) is 5.32. The van der Waals surface area contributed by atoms with E-state index in [0.29, 0.717) is 24.2 Å². The van der Waals surface area contributed by atoms with Crippen molar-refractivity contribution in [1.82, 2.24) is 4.90 Å². The molecule has 0 spiro atoms. The molecule has 0 aliphatic carbocycles. The van der Waals surface area contributed by atoms with Gasteiger partial charge in [0, 0.05) is 24.2 Å². The lowest BCUT2D eigenvalue weighted by Crippen LogP contribution is -2.34. The topological polar surface area (TPSA) is 60.8 Å². The number of aryl methyl sites for hydroxylation is 1. The Morgan fingerprint density at radius 2 is 2.00 bits per heavy atom. The fourth-order valence-corrected chi connectivity index (χ4v) is 2.09. The second-order valence-corrected chi connectivity index (χ2v) is 4.92. The van der Waals surface area contributed by atoms with Crippen LogP contribution in [0, 0.1) is 18.8 Å². The number of rotatable bonds is 6. The Kier molecular flexibility index (Phi) is 7.52. The molecule has 4 nitrogen and oxygen atoms in total. The SMILES string of the molecule is CCCCN(CCO)C(=O)c1cc(C)cc(C#CCO)c1. The number of benzene rings is 1. The summed E-state index contributed by atoms with van der Waals surface area (Å²) in [5, 5.41) is 17.9. The Hall–Kier alpha value is -1.83. The van der Waals surface area contributed by atoms with E-state index in [4.69, 9.17) is 10.2 Å². The fraction of sp³-hybridized carbons (Fsp3) is 0.471. The molecule has 0 saturated heterocycles. The minimum absolute atomic E-state index is 0.0432. The van der Waals surface area contributed by atoms with Gasteiger partial charge in [-0.1, -0.05) is 25.2 Å². The minimum Gasteiger partial charge on any atom is -0.395 e. The molecule has 0 aromatic heterocycles. The van der Waals surface area contributed by atoms with E-state index in [1.54, 1.807) is 11.0 Å². The van der Waals surface area contributed by atoms with Crippen LogP contribution in [0.1, 0.15) is 41.3 Å². The Morgan fingerprint density at radius 3 is 2.62 bits per heavy atom. The molecule has 114 valence electrons. The molecule has 0 aliphatic heterocycles. The Labute approximate surface area is 126 Å². The molecule has 0 unspecified atom stereocenters. The van der Waals surface area contributed by atoms with Crippen LogP contribution < -0.4 is 0 Å². The highest BCUT2D eigenvalue weighted by Crippen LogP contribution is 2.12. The second-order valence-electron chi connectivity index (χ2n) is 4.92. The van der Waals surface area contributed by atoms with Crippen LogP contribution in [0.4, 0.5) is 0 Å². The number of amides is 1. The smallest absolute Gasteiger partial charge is 0.253 e. The lowest BCUT2D eigenvalue weighted by atomic mass is 10.1. The average Bonchev–Trinajstić information content (AvgIpc) is 2.48. The molecule has 2 N–H and O–H groups in total. The van der Waals surface area contributed by atoms with E-state index in [0.717, 1.165) is 18.4 Å². The zero-order valence-electron chi connectivity index (χ0n) is 12.7. The average molecular weight is 289 g/mol. The van der Waals surface area contributed by atoms with Gasteiger partial charge in [-0.2, -0.15) is 0 Å². The summed E-state index contributed by atoms with van der Waals surface area (Å²) in [7, 11) is 0. The molecule has 1 amide bonds. The number of carbonyl (C=O) groups excluding carboxylic acids is 1. The van der Waals surface area contributed by atoms with E-state index >= 15 is 0 Å². The molecular formula is C17H23NO3. The van der Waals surface area contributed by atoms with Crippen LogP contribution in [-0.4, -0.2) is 47.3 Å². The van der Waals surface area contributed by atoms with E-state index in [1.807, 2.05) is 19.1 Å². The maximum Gasteiger partial charge on any atom is 0.253 e. The van der Waals surface area contributed by atoms with Crippen molar-refractivity contribution in [1.29, 1.82) is 0 Å². The van der Waals surface area contributed by atoms with Crippen molar-refractivity contribution < 1.29 is 15.0 Å². The number of nitrogens with zero attached hydrogens (tertiary/aromatic N) is 1. The first-order valence-corrected chi connectivity index (χ1v) is 7.24. The highest BCUT2D eigenvalue weighted by Gasteiger charge is 2.15. The maximum absolute atomic E-state index is 12.5. The number of unbranched alkanes of at least 4 members (excludes halogenated alkanes) is 1. The molecule has 1 aromatic rings. The first-order chi connectivity index (χ1) is 10.1. The van der Waals surface area contributed by atoms with E-state index in [1.165, 1.54) is 0 Å². The van der Waals surface area contributed by atoms with Gasteiger partial charge in [0.15, 0.2) is 0 Å². The standard InChI is InChI=1S/C17H23NO3/c1-3-4-7-18(8-10-20)17(21)16-12-14(2)11-15(13-16)6-5-9-19/h11-13,19-20H,3-4,7-10H2,1-2H3. The van der Waals surface area contributed by atoms with Crippen LogP contribution in [0.2, 0.25) is 0 Å². The first kappa shape index (κ1) is 17.2. The number of carbonyl (C=O) groups is 1. The quantitative estimate of drug-likeness (QED) is 0.782. The predicted molar refractivity (Wildman–Crippen MR) is 83.0 cm³/mol.